The lowest BCUT2D eigenvalue weighted by atomic mass is 9.89. The first kappa shape index (κ1) is 63.8. The molecule has 3 aliphatic rings. The number of hydrazine groups is 1. The van der Waals surface area contributed by atoms with Gasteiger partial charge in [0.05, 0.1) is 49.3 Å². The molecule has 0 spiro atoms. The first-order chi connectivity index (χ1) is 36.6. The summed E-state index contributed by atoms with van der Waals surface area (Å²) in [5.74, 6) is -4.77. The van der Waals surface area contributed by atoms with Gasteiger partial charge in [-0.25, -0.2) is 5.48 Å². The minimum Gasteiger partial charge on any atom is -0.379 e. The van der Waals surface area contributed by atoms with Crippen molar-refractivity contribution in [1.82, 2.24) is 46.6 Å². The number of likely N-dealkylation sites (N-methyl/N-ethyl adjacent to an activating group) is 2. The van der Waals surface area contributed by atoms with Gasteiger partial charge in [-0.05, 0) is 82.4 Å². The normalized spacial score (nSPS) is 20.8. The number of amides is 9. The first-order valence-electron chi connectivity index (χ1n) is 27.6. The third-order valence-corrected chi connectivity index (χ3v) is 15.5. The number of likely N-dealkylation sites (tertiary alicyclic amines) is 1. The van der Waals surface area contributed by atoms with E-state index >= 15 is 0 Å². The van der Waals surface area contributed by atoms with Crippen molar-refractivity contribution in [3.63, 3.8) is 0 Å². The average Bonchev–Trinajstić information content (AvgIpc) is 3.79. The molecule has 21 nitrogen and oxygen atoms in total. The van der Waals surface area contributed by atoms with Gasteiger partial charge in [0.1, 0.15) is 11.6 Å². The molecule has 2 fully saturated rings. The van der Waals surface area contributed by atoms with Crippen molar-refractivity contribution in [1.29, 1.82) is 0 Å². The number of hydrogen-bond donors (Lipinski definition) is 5. The maximum absolute atomic E-state index is 14.7. The molecule has 77 heavy (non-hydrogen) atoms. The van der Waals surface area contributed by atoms with Crippen LogP contribution in [0.5, 0.6) is 0 Å². The number of hydroxylamine groups is 1. The molecule has 0 unspecified atom stereocenters. The summed E-state index contributed by atoms with van der Waals surface area (Å²) >= 11 is 0. The molecule has 1 aromatic carbocycles. The van der Waals surface area contributed by atoms with Gasteiger partial charge >= 0.3 is 0 Å². The molecular weight excluding hydrogens is 991 g/mol. The molecule has 1 aromatic rings. The third-order valence-electron chi connectivity index (χ3n) is 15.5. The number of nitrogens with one attached hydrogen (secondary N) is 5. The SMILES string of the molecule is CCONC(=O)[C@]1(NC(=O)[C@H](C)[C@@H](OC)[C@@H]2CCCN2C(=O)C[C@@H](OC)[C@H]([C@@H](C)CC)N(C)C(=O)[C@@H](NC(=O)[C@H](C(C)C)N(C)CCCC(=O)NNC(=O)CCCCCN2C(=O)C=CC2=O)C(C)C)C[C@@H]1c1ccccc1. The van der Waals surface area contributed by atoms with E-state index in [1.807, 2.05) is 76.8 Å². The van der Waals surface area contributed by atoms with Gasteiger partial charge in [0, 0.05) is 65.3 Å². The first-order valence-corrected chi connectivity index (χ1v) is 27.6. The third kappa shape index (κ3) is 17.1. The number of benzene rings is 1. The van der Waals surface area contributed by atoms with Crippen LogP contribution in [0, 0.1) is 23.7 Å². The number of unbranched alkanes of at least 4 members (excludes halogenated alkanes) is 2. The number of methoxy groups -OCH3 is 2. The molecule has 0 aromatic heterocycles. The van der Waals surface area contributed by atoms with Gasteiger partial charge < -0.3 is 29.9 Å². The molecule has 4 rings (SSSR count). The van der Waals surface area contributed by atoms with Crippen LogP contribution in [0.15, 0.2) is 42.5 Å². The van der Waals surface area contributed by atoms with Crippen molar-refractivity contribution in [2.24, 2.45) is 23.7 Å². The highest BCUT2D eigenvalue weighted by Crippen LogP contribution is 2.52. The molecule has 0 bridgehead atoms. The molecule has 5 N–H and O–H groups in total. The lowest BCUT2D eigenvalue weighted by Gasteiger charge is -2.41. The molecule has 21 heteroatoms. The highest BCUT2D eigenvalue weighted by Gasteiger charge is 2.62. The minimum atomic E-state index is -1.22. The Morgan fingerprint density at radius 3 is 2.01 bits per heavy atom. The largest absolute Gasteiger partial charge is 0.379 e. The van der Waals surface area contributed by atoms with E-state index in [9.17, 15) is 43.2 Å². The maximum atomic E-state index is 14.7. The van der Waals surface area contributed by atoms with Gasteiger partial charge in [0.15, 0.2) is 0 Å². The van der Waals surface area contributed by atoms with Gasteiger partial charge in [0.2, 0.25) is 35.4 Å². The summed E-state index contributed by atoms with van der Waals surface area (Å²) < 4.78 is 12.1. The Labute approximate surface area is 455 Å². The quantitative estimate of drug-likeness (QED) is 0.0394. The molecule has 430 valence electrons. The monoisotopic (exact) mass is 1080 g/mol. The van der Waals surface area contributed by atoms with Crippen molar-refractivity contribution in [3.05, 3.63) is 48.0 Å². The molecule has 10 atom stereocenters. The van der Waals surface area contributed by atoms with Gasteiger partial charge in [0.25, 0.3) is 17.7 Å². The van der Waals surface area contributed by atoms with Crippen LogP contribution < -0.4 is 27.0 Å². The highest BCUT2D eigenvalue weighted by atomic mass is 16.6. The summed E-state index contributed by atoms with van der Waals surface area (Å²) in [6.07, 6.45) is 5.61. The summed E-state index contributed by atoms with van der Waals surface area (Å²) in [6.45, 7) is 16.4. The summed E-state index contributed by atoms with van der Waals surface area (Å²) in [5, 5.41) is 6.10. The molecule has 1 aliphatic carbocycles. The van der Waals surface area contributed by atoms with Crippen molar-refractivity contribution in [3.8, 4) is 0 Å². The summed E-state index contributed by atoms with van der Waals surface area (Å²) in [5.41, 5.74) is 7.06. The lowest BCUT2D eigenvalue weighted by molar-refractivity contribution is -0.148. The fraction of sp³-hybridized carbons (Fsp3) is 0.696. The Hall–Kier alpha value is -5.77. The minimum absolute atomic E-state index is 0.0630. The lowest BCUT2D eigenvalue weighted by Crippen LogP contribution is -2.60. The Balaban J connectivity index is 1.34. The summed E-state index contributed by atoms with van der Waals surface area (Å²) in [4.78, 5) is 131. The summed E-state index contributed by atoms with van der Waals surface area (Å²) in [6, 6.07) is 6.93. The number of carbonyl (C=O) groups excluding carboxylic acids is 9. The van der Waals surface area contributed by atoms with Crippen molar-refractivity contribution >= 4 is 53.2 Å². The van der Waals surface area contributed by atoms with E-state index in [0.717, 1.165) is 10.5 Å². The molecule has 2 heterocycles. The number of imide groups is 1. The second kappa shape index (κ2) is 30.4. The molecule has 1 saturated heterocycles. The van der Waals surface area contributed by atoms with E-state index in [1.54, 1.807) is 37.7 Å². The zero-order valence-electron chi connectivity index (χ0n) is 47.7. The number of ether oxygens (including phenoxy) is 2. The van der Waals surface area contributed by atoms with E-state index < -0.39 is 59.6 Å². The van der Waals surface area contributed by atoms with Crippen LogP contribution in [-0.4, -0.2) is 169 Å². The maximum Gasteiger partial charge on any atom is 0.269 e. The Kier molecular flexibility index (Phi) is 25.2. The zero-order valence-corrected chi connectivity index (χ0v) is 47.7. The molecule has 1 saturated carbocycles. The van der Waals surface area contributed by atoms with Crippen LogP contribution in [0.2, 0.25) is 0 Å². The van der Waals surface area contributed by atoms with E-state index in [0.29, 0.717) is 64.5 Å². The fourth-order valence-corrected chi connectivity index (χ4v) is 10.9. The van der Waals surface area contributed by atoms with Gasteiger partial charge in [-0.2, -0.15) is 0 Å². The fourth-order valence-electron chi connectivity index (χ4n) is 10.9. The number of nitrogens with zero attached hydrogens (tertiary/aromatic N) is 4. The van der Waals surface area contributed by atoms with Gasteiger partial charge in [-0.3, -0.25) is 68.6 Å². The van der Waals surface area contributed by atoms with Crippen LogP contribution in [-0.2, 0) is 57.5 Å². The van der Waals surface area contributed by atoms with E-state index in [1.165, 1.54) is 26.4 Å². The van der Waals surface area contributed by atoms with E-state index in [2.05, 4.69) is 27.0 Å². The standard InChI is InChI=1S/C56H89N9O12/c1-13-37(7)50(42(75-11)33-47(70)64-32-21-25-41(64)51(76-12)38(8)52(71)58-56(55(74)61-77-14-2)34-40(56)39-23-17-15-18-24-39)63(10)54(73)48(35(3)4)57-53(72)49(36(5)6)62(9)30-22-27-44(67)60-59-43(66)26-19-16-20-31-65-45(68)28-29-46(65)69/h15,17-18,23-24,28-29,35-38,40-42,48-51H,13-14,16,19-22,25-27,30-34H2,1-12H3,(H,57,72)(H,58,71)(H,59,66)(H,60,67)(H,61,74)/t37-,38+,40+,41-,42+,48-,49-,50-,51+,56-/m0/s1. The molecule has 9 amide bonds. The van der Waals surface area contributed by atoms with E-state index in [4.69, 9.17) is 14.3 Å². The number of rotatable bonds is 32. The Bertz CT molecular complexity index is 2190. The predicted octanol–water partition coefficient (Wildman–Crippen LogP) is 3.53. The van der Waals surface area contributed by atoms with Crippen molar-refractivity contribution < 1.29 is 57.5 Å². The Morgan fingerprint density at radius 2 is 1.44 bits per heavy atom. The van der Waals surface area contributed by atoms with Crippen LogP contribution in [0.4, 0.5) is 0 Å². The van der Waals surface area contributed by atoms with E-state index in [-0.39, 0.29) is 97.4 Å². The summed E-state index contributed by atoms with van der Waals surface area (Å²) in [7, 11) is 6.52. The second-order valence-corrected chi connectivity index (χ2v) is 21.7. The van der Waals surface area contributed by atoms with Crippen LogP contribution >= 0.6 is 0 Å². The van der Waals surface area contributed by atoms with Crippen molar-refractivity contribution in [2.75, 3.05) is 54.6 Å². The van der Waals surface area contributed by atoms with Gasteiger partial charge in [-0.1, -0.05) is 91.6 Å². The Morgan fingerprint density at radius 1 is 0.805 bits per heavy atom. The van der Waals surface area contributed by atoms with Crippen LogP contribution in [0.1, 0.15) is 138 Å². The zero-order chi connectivity index (χ0) is 57.1. The second-order valence-electron chi connectivity index (χ2n) is 21.7. The molecular formula is C56H89N9O12. The molecule has 0 radical (unpaired) electrons. The van der Waals surface area contributed by atoms with Crippen LogP contribution in [0.3, 0.4) is 0 Å². The molecule has 2 aliphatic heterocycles. The predicted molar refractivity (Wildman–Crippen MR) is 288 cm³/mol. The van der Waals surface area contributed by atoms with Crippen molar-refractivity contribution in [2.45, 2.75) is 174 Å². The number of carbonyl (C=O) groups is 9. The van der Waals surface area contributed by atoms with Gasteiger partial charge in [-0.15, -0.1) is 0 Å². The smallest absolute Gasteiger partial charge is 0.269 e. The highest BCUT2D eigenvalue weighted by molar-refractivity contribution is 6.12. The topological polar surface area (TPSA) is 254 Å². The average molecular weight is 1080 g/mol. The number of hydrogen-bond acceptors (Lipinski definition) is 13. The van der Waals surface area contributed by atoms with Crippen LogP contribution in [0.25, 0.3) is 0 Å².